The average Bonchev–Trinajstić information content (AvgIpc) is 2.10. The summed E-state index contributed by atoms with van der Waals surface area (Å²) < 4.78 is 13.8. The van der Waals surface area contributed by atoms with Crippen molar-refractivity contribution in [2.24, 2.45) is 0 Å². The van der Waals surface area contributed by atoms with Gasteiger partial charge in [-0.2, -0.15) is 0 Å². The van der Waals surface area contributed by atoms with E-state index in [4.69, 9.17) is 0 Å². The standard InChI is InChI=1S/C10H6BrFO2/c11-5-3-6-8(13)1-2-9(14)10(6)7(12)4-5/h3-4H,1-2H2. The summed E-state index contributed by atoms with van der Waals surface area (Å²) in [5, 5.41) is 0. The van der Waals surface area contributed by atoms with Gasteiger partial charge in [-0.15, -0.1) is 0 Å². The smallest absolute Gasteiger partial charge is 0.167 e. The lowest BCUT2D eigenvalue weighted by molar-refractivity contribution is 0.0886. The number of benzene rings is 1. The number of hydrogen-bond acceptors (Lipinski definition) is 2. The van der Waals surface area contributed by atoms with Gasteiger partial charge in [-0.3, -0.25) is 9.59 Å². The number of carbonyl (C=O) groups is 2. The molecule has 0 amide bonds. The number of hydrogen-bond donors (Lipinski definition) is 0. The molecule has 0 aliphatic heterocycles. The van der Waals surface area contributed by atoms with E-state index in [2.05, 4.69) is 15.9 Å². The van der Waals surface area contributed by atoms with Crippen LogP contribution in [-0.2, 0) is 0 Å². The Hall–Kier alpha value is -1.03. The van der Waals surface area contributed by atoms with Crippen LogP contribution >= 0.6 is 15.9 Å². The van der Waals surface area contributed by atoms with Crippen molar-refractivity contribution in [3.8, 4) is 0 Å². The molecule has 2 nitrogen and oxygen atoms in total. The third-order valence-electron chi connectivity index (χ3n) is 2.21. The third kappa shape index (κ3) is 1.39. The Labute approximate surface area is 88.2 Å². The van der Waals surface area contributed by atoms with Crippen molar-refractivity contribution >= 4 is 27.5 Å². The van der Waals surface area contributed by atoms with E-state index >= 15 is 0 Å². The molecule has 1 aliphatic carbocycles. The first-order valence-corrected chi connectivity index (χ1v) is 4.94. The largest absolute Gasteiger partial charge is 0.294 e. The normalized spacial score (nSPS) is 15.6. The van der Waals surface area contributed by atoms with E-state index in [1.807, 2.05) is 0 Å². The quantitative estimate of drug-likeness (QED) is 0.716. The number of fused-ring (bicyclic) bond motifs is 1. The molecule has 0 heterocycles. The highest BCUT2D eigenvalue weighted by Crippen LogP contribution is 2.27. The summed E-state index contributed by atoms with van der Waals surface area (Å²) in [6.07, 6.45) is 0.298. The fourth-order valence-corrected chi connectivity index (χ4v) is 1.99. The van der Waals surface area contributed by atoms with E-state index in [1.54, 1.807) is 0 Å². The second-order valence-electron chi connectivity index (χ2n) is 3.16. The number of rotatable bonds is 0. The van der Waals surface area contributed by atoms with Crippen LogP contribution < -0.4 is 0 Å². The molecule has 1 aliphatic rings. The summed E-state index contributed by atoms with van der Waals surface area (Å²) >= 11 is 3.09. The summed E-state index contributed by atoms with van der Waals surface area (Å²) in [6, 6.07) is 2.70. The summed E-state index contributed by atoms with van der Waals surface area (Å²) in [5.41, 5.74) is 0.151. The molecule has 0 N–H and O–H groups in total. The monoisotopic (exact) mass is 256 g/mol. The van der Waals surface area contributed by atoms with Crippen LogP contribution in [0.3, 0.4) is 0 Å². The van der Waals surface area contributed by atoms with Crippen LogP contribution in [0.2, 0.25) is 0 Å². The highest BCUT2D eigenvalue weighted by molar-refractivity contribution is 9.10. The second-order valence-corrected chi connectivity index (χ2v) is 4.07. The van der Waals surface area contributed by atoms with E-state index in [1.165, 1.54) is 12.1 Å². The van der Waals surface area contributed by atoms with Gasteiger partial charge in [0.25, 0.3) is 0 Å². The molecular formula is C10H6BrFO2. The van der Waals surface area contributed by atoms with Crippen molar-refractivity contribution in [2.75, 3.05) is 0 Å². The number of halogens is 2. The lowest BCUT2D eigenvalue weighted by Crippen LogP contribution is -2.18. The molecule has 0 atom stereocenters. The maximum Gasteiger partial charge on any atom is 0.167 e. The zero-order chi connectivity index (χ0) is 10.3. The number of Topliss-reactive ketones (excluding diaryl/α,β-unsaturated/α-hetero) is 2. The molecule has 0 unspecified atom stereocenters. The zero-order valence-electron chi connectivity index (χ0n) is 7.14. The first-order chi connectivity index (χ1) is 6.59. The lowest BCUT2D eigenvalue weighted by Gasteiger charge is -2.14. The molecule has 0 fully saturated rings. The van der Waals surface area contributed by atoms with Gasteiger partial charge in [-0.1, -0.05) is 15.9 Å². The molecule has 0 bridgehead atoms. The SMILES string of the molecule is O=C1CCC(=O)c2c(F)cc(Br)cc21. The molecular weight excluding hydrogens is 251 g/mol. The van der Waals surface area contributed by atoms with Gasteiger partial charge in [0.15, 0.2) is 11.6 Å². The van der Waals surface area contributed by atoms with Gasteiger partial charge in [0.05, 0.1) is 5.56 Å². The number of ketones is 2. The van der Waals surface area contributed by atoms with Crippen molar-refractivity contribution in [2.45, 2.75) is 12.8 Å². The van der Waals surface area contributed by atoms with Crippen LogP contribution in [0, 0.1) is 5.82 Å². The maximum atomic E-state index is 13.4. The van der Waals surface area contributed by atoms with Gasteiger partial charge in [-0.05, 0) is 12.1 Å². The van der Waals surface area contributed by atoms with Crippen LogP contribution in [-0.4, -0.2) is 11.6 Å². The molecule has 0 aromatic heterocycles. The van der Waals surface area contributed by atoms with Gasteiger partial charge in [-0.25, -0.2) is 4.39 Å². The van der Waals surface area contributed by atoms with Crippen LogP contribution in [0.15, 0.2) is 16.6 Å². The Morgan fingerprint density at radius 2 is 1.79 bits per heavy atom. The number of carbonyl (C=O) groups excluding carboxylic acids is 2. The minimum absolute atomic E-state index is 0.0514. The van der Waals surface area contributed by atoms with Gasteiger partial charge in [0.1, 0.15) is 5.82 Å². The van der Waals surface area contributed by atoms with Crippen molar-refractivity contribution < 1.29 is 14.0 Å². The summed E-state index contributed by atoms with van der Waals surface area (Å²) in [5.74, 6) is -1.07. The minimum atomic E-state index is -0.618. The minimum Gasteiger partial charge on any atom is -0.294 e. The van der Waals surface area contributed by atoms with E-state index in [0.717, 1.165) is 0 Å². The van der Waals surface area contributed by atoms with Gasteiger partial charge >= 0.3 is 0 Å². The predicted octanol–water partition coefficient (Wildman–Crippen LogP) is 2.75. The molecule has 0 spiro atoms. The molecule has 72 valence electrons. The highest BCUT2D eigenvalue weighted by atomic mass is 79.9. The van der Waals surface area contributed by atoms with Gasteiger partial charge < -0.3 is 0 Å². The molecule has 2 rings (SSSR count). The van der Waals surface area contributed by atoms with E-state index in [-0.39, 0.29) is 35.5 Å². The van der Waals surface area contributed by atoms with E-state index < -0.39 is 5.82 Å². The van der Waals surface area contributed by atoms with Crippen LogP contribution in [0.1, 0.15) is 33.6 Å². The zero-order valence-corrected chi connectivity index (χ0v) is 8.73. The van der Waals surface area contributed by atoms with Crippen molar-refractivity contribution in [3.63, 3.8) is 0 Å². The van der Waals surface area contributed by atoms with Crippen molar-refractivity contribution in [3.05, 3.63) is 33.5 Å². The lowest BCUT2D eigenvalue weighted by atomic mass is 9.89. The van der Waals surface area contributed by atoms with E-state index in [0.29, 0.717) is 4.47 Å². The van der Waals surface area contributed by atoms with Gasteiger partial charge in [0, 0.05) is 22.9 Å². The van der Waals surface area contributed by atoms with E-state index in [9.17, 15) is 14.0 Å². The third-order valence-corrected chi connectivity index (χ3v) is 2.67. The Bertz CT molecular complexity index is 440. The van der Waals surface area contributed by atoms with Crippen LogP contribution in [0.5, 0.6) is 0 Å². The molecule has 0 radical (unpaired) electrons. The Morgan fingerprint density at radius 1 is 1.14 bits per heavy atom. The fourth-order valence-electron chi connectivity index (χ4n) is 1.56. The van der Waals surface area contributed by atoms with Crippen LogP contribution in [0.25, 0.3) is 0 Å². The van der Waals surface area contributed by atoms with Crippen molar-refractivity contribution in [1.29, 1.82) is 0 Å². The first kappa shape index (κ1) is 9.52. The molecule has 4 heteroatoms. The second kappa shape index (κ2) is 3.28. The maximum absolute atomic E-state index is 13.4. The fraction of sp³-hybridized carbons (Fsp3) is 0.200. The van der Waals surface area contributed by atoms with Gasteiger partial charge in [0.2, 0.25) is 0 Å². The van der Waals surface area contributed by atoms with Crippen molar-refractivity contribution in [1.82, 2.24) is 0 Å². The molecule has 1 aromatic carbocycles. The average molecular weight is 257 g/mol. The van der Waals surface area contributed by atoms with Crippen LogP contribution in [0.4, 0.5) is 4.39 Å². The molecule has 0 saturated carbocycles. The Balaban J connectivity index is 2.72. The molecule has 1 aromatic rings. The topological polar surface area (TPSA) is 34.1 Å². The Morgan fingerprint density at radius 3 is 2.50 bits per heavy atom. The summed E-state index contributed by atoms with van der Waals surface area (Å²) in [4.78, 5) is 22.8. The summed E-state index contributed by atoms with van der Waals surface area (Å²) in [7, 11) is 0. The molecule has 0 saturated heterocycles. The predicted molar refractivity (Wildman–Crippen MR) is 52.0 cm³/mol. The highest BCUT2D eigenvalue weighted by Gasteiger charge is 2.27. The Kier molecular flexibility index (Phi) is 2.23. The first-order valence-electron chi connectivity index (χ1n) is 4.15. The molecule has 14 heavy (non-hydrogen) atoms. The summed E-state index contributed by atoms with van der Waals surface area (Å²) in [6.45, 7) is 0.